The average Bonchev–Trinajstić information content (AvgIpc) is 3.40. The molecule has 0 amide bonds. The van der Waals surface area contributed by atoms with Crippen molar-refractivity contribution in [1.82, 2.24) is 3.97 Å². The van der Waals surface area contributed by atoms with E-state index < -0.39 is 22.2 Å². The number of hydrogen-bond acceptors (Lipinski definition) is 7. The molecule has 3 heterocycles. The van der Waals surface area contributed by atoms with Gasteiger partial charge in [0, 0.05) is 19.7 Å². The lowest BCUT2D eigenvalue weighted by molar-refractivity contribution is 0.0313. The topological polar surface area (TPSA) is 94.6 Å². The number of hydrogen-bond donors (Lipinski definition) is 0. The van der Waals surface area contributed by atoms with Crippen LogP contribution in [0.1, 0.15) is 23.8 Å². The van der Waals surface area contributed by atoms with Gasteiger partial charge in [0.1, 0.15) is 18.8 Å². The van der Waals surface area contributed by atoms with Crippen LogP contribution in [0.5, 0.6) is 0 Å². The van der Waals surface area contributed by atoms with Crippen LogP contribution in [0.3, 0.4) is 0 Å². The van der Waals surface area contributed by atoms with Crippen LogP contribution < -0.4 is 0 Å². The molecule has 0 spiro atoms. The van der Waals surface area contributed by atoms with Crippen LogP contribution >= 0.6 is 11.6 Å². The van der Waals surface area contributed by atoms with Crippen molar-refractivity contribution in [3.05, 3.63) is 52.8 Å². The summed E-state index contributed by atoms with van der Waals surface area (Å²) in [4.78, 5) is 0.183. The Balaban J connectivity index is 1.70. The Kier molecular flexibility index (Phi) is 5.09. The van der Waals surface area contributed by atoms with E-state index in [0.717, 1.165) is 5.56 Å². The zero-order valence-electron chi connectivity index (χ0n) is 15.3. The summed E-state index contributed by atoms with van der Waals surface area (Å²) < 4.78 is 39.2. The van der Waals surface area contributed by atoms with Crippen molar-refractivity contribution in [3.8, 4) is 0 Å². The number of nitrogens with zero attached hydrogens (tertiary/aromatic N) is 4. The van der Waals surface area contributed by atoms with E-state index in [2.05, 4.69) is 15.4 Å². The minimum atomic E-state index is -3.82. The van der Waals surface area contributed by atoms with E-state index in [-0.39, 0.29) is 11.0 Å². The van der Waals surface area contributed by atoms with E-state index >= 15 is 0 Å². The third-order valence-electron chi connectivity index (χ3n) is 4.92. The molecule has 28 heavy (non-hydrogen) atoms. The Morgan fingerprint density at radius 3 is 2.64 bits per heavy atom. The fraction of sp³-hybridized carbons (Fsp3) is 0.389. The molecule has 0 radical (unpaired) electrons. The number of halogens is 1. The SMILES string of the molecule is COC1CC(c2c(Cl)ccn2S(=O)(=O)c2ccc(C)cc2)OC1C1=NN=NC1. The van der Waals surface area contributed by atoms with Gasteiger partial charge in [-0.15, -0.1) is 5.10 Å². The first kappa shape index (κ1) is 19.3. The molecule has 3 unspecified atom stereocenters. The van der Waals surface area contributed by atoms with Gasteiger partial charge in [-0.25, -0.2) is 12.4 Å². The molecule has 1 saturated heterocycles. The van der Waals surface area contributed by atoms with Gasteiger partial charge in [0.15, 0.2) is 0 Å². The van der Waals surface area contributed by atoms with Crippen LogP contribution in [0, 0.1) is 6.92 Å². The molecule has 8 nitrogen and oxygen atoms in total. The lowest BCUT2D eigenvalue weighted by atomic mass is 10.1. The Morgan fingerprint density at radius 1 is 1.25 bits per heavy atom. The summed E-state index contributed by atoms with van der Waals surface area (Å²) in [6.07, 6.45) is 0.567. The predicted octanol–water partition coefficient (Wildman–Crippen LogP) is 3.35. The Hall–Kier alpha value is -2.07. The lowest BCUT2D eigenvalue weighted by Gasteiger charge is -2.17. The zero-order valence-corrected chi connectivity index (χ0v) is 16.9. The standard InChI is InChI=1S/C18H19ClN4O4S/c1-11-3-5-12(6-4-11)28(24,25)23-8-7-13(19)17(23)15-9-16(26-2)18(27-15)14-10-20-22-21-14/h3-8,15-16,18H,9-10H2,1-2H3. The second-order valence-corrected chi connectivity index (χ2v) is 8.92. The van der Waals surface area contributed by atoms with Crippen molar-refractivity contribution in [2.45, 2.75) is 36.6 Å². The van der Waals surface area contributed by atoms with E-state index in [1.165, 1.54) is 10.2 Å². The largest absolute Gasteiger partial charge is 0.378 e. The number of rotatable bonds is 5. The van der Waals surface area contributed by atoms with Crippen molar-refractivity contribution >= 4 is 27.3 Å². The van der Waals surface area contributed by atoms with Crippen molar-refractivity contribution in [3.63, 3.8) is 0 Å². The highest BCUT2D eigenvalue weighted by Gasteiger charge is 2.42. The molecule has 2 aromatic rings. The van der Waals surface area contributed by atoms with Crippen molar-refractivity contribution in [2.75, 3.05) is 13.7 Å². The highest BCUT2D eigenvalue weighted by molar-refractivity contribution is 7.90. The Labute approximate surface area is 167 Å². The summed E-state index contributed by atoms with van der Waals surface area (Å²) in [5.41, 5.74) is 2.01. The highest BCUT2D eigenvalue weighted by atomic mass is 35.5. The molecule has 4 rings (SSSR count). The summed E-state index contributed by atoms with van der Waals surface area (Å²) in [5, 5.41) is 11.8. The number of aromatic nitrogens is 1. The first-order chi connectivity index (χ1) is 13.4. The second kappa shape index (κ2) is 7.40. The van der Waals surface area contributed by atoms with E-state index in [9.17, 15) is 8.42 Å². The van der Waals surface area contributed by atoms with E-state index in [0.29, 0.717) is 29.4 Å². The van der Waals surface area contributed by atoms with Crippen LogP contribution in [-0.4, -0.2) is 44.0 Å². The first-order valence-corrected chi connectivity index (χ1v) is 10.5. The summed E-state index contributed by atoms with van der Waals surface area (Å²) in [7, 11) is -2.24. The molecule has 148 valence electrons. The van der Waals surface area contributed by atoms with Gasteiger partial charge >= 0.3 is 0 Å². The smallest absolute Gasteiger partial charge is 0.267 e. The first-order valence-electron chi connectivity index (χ1n) is 8.72. The molecule has 10 heteroatoms. The molecule has 1 fully saturated rings. The lowest BCUT2D eigenvalue weighted by Crippen LogP contribution is -2.32. The minimum Gasteiger partial charge on any atom is -0.378 e. The van der Waals surface area contributed by atoms with Crippen molar-refractivity contribution < 1.29 is 17.9 Å². The molecule has 1 aromatic heterocycles. The van der Waals surface area contributed by atoms with Gasteiger partial charge < -0.3 is 9.47 Å². The molecule has 0 N–H and O–H groups in total. The summed E-state index contributed by atoms with van der Waals surface area (Å²) in [6.45, 7) is 2.24. The van der Waals surface area contributed by atoms with E-state index in [1.807, 2.05) is 6.92 Å². The van der Waals surface area contributed by atoms with Crippen LogP contribution in [0.4, 0.5) is 0 Å². The van der Waals surface area contributed by atoms with E-state index in [4.69, 9.17) is 21.1 Å². The maximum atomic E-state index is 13.2. The van der Waals surface area contributed by atoms with E-state index in [1.54, 1.807) is 37.4 Å². The Morgan fingerprint density at radius 2 is 2.00 bits per heavy atom. The zero-order chi connectivity index (χ0) is 19.9. The van der Waals surface area contributed by atoms with Gasteiger partial charge in [-0.3, -0.25) is 0 Å². The number of methoxy groups -OCH3 is 1. The quantitative estimate of drug-likeness (QED) is 0.738. The Bertz CT molecular complexity index is 1050. The highest BCUT2D eigenvalue weighted by Crippen LogP contribution is 2.40. The third-order valence-corrected chi connectivity index (χ3v) is 6.94. The fourth-order valence-electron chi connectivity index (χ4n) is 3.45. The van der Waals surface area contributed by atoms with Gasteiger partial charge in [0.25, 0.3) is 10.0 Å². The maximum absolute atomic E-state index is 13.2. The van der Waals surface area contributed by atoms with Gasteiger partial charge in [0.05, 0.1) is 27.4 Å². The number of ether oxygens (including phenoxy) is 2. The van der Waals surface area contributed by atoms with Gasteiger partial charge in [-0.1, -0.05) is 29.3 Å². The van der Waals surface area contributed by atoms with Gasteiger partial charge in [0.2, 0.25) is 0 Å². The predicted molar refractivity (Wildman–Crippen MR) is 103 cm³/mol. The maximum Gasteiger partial charge on any atom is 0.267 e. The summed E-state index contributed by atoms with van der Waals surface area (Å²) in [6, 6.07) is 8.22. The van der Waals surface area contributed by atoms with Crippen LogP contribution in [0.25, 0.3) is 0 Å². The molecule has 2 aliphatic heterocycles. The minimum absolute atomic E-state index is 0.183. The summed E-state index contributed by atoms with van der Waals surface area (Å²) in [5.74, 6) is 0. The molecular weight excluding hydrogens is 404 g/mol. The number of benzene rings is 1. The van der Waals surface area contributed by atoms with Crippen LogP contribution in [0.15, 0.2) is 56.9 Å². The van der Waals surface area contributed by atoms with Crippen LogP contribution in [0.2, 0.25) is 5.02 Å². The molecule has 0 aliphatic carbocycles. The fourth-order valence-corrected chi connectivity index (χ4v) is 5.17. The van der Waals surface area contributed by atoms with Gasteiger partial charge in [-0.05, 0) is 30.3 Å². The van der Waals surface area contributed by atoms with Crippen LogP contribution in [-0.2, 0) is 19.5 Å². The van der Waals surface area contributed by atoms with Gasteiger partial charge in [-0.2, -0.15) is 5.11 Å². The second-order valence-electron chi connectivity index (χ2n) is 6.70. The third kappa shape index (κ3) is 3.28. The van der Waals surface area contributed by atoms with Crippen molar-refractivity contribution in [2.24, 2.45) is 15.4 Å². The summed E-state index contributed by atoms with van der Waals surface area (Å²) >= 11 is 6.37. The molecular formula is C18H19ClN4O4S. The molecule has 3 atom stereocenters. The molecule has 0 bridgehead atoms. The van der Waals surface area contributed by atoms with Crippen molar-refractivity contribution in [1.29, 1.82) is 0 Å². The number of aryl methyl sites for hydroxylation is 1. The molecule has 0 saturated carbocycles. The molecule has 1 aromatic carbocycles. The normalized spacial score (nSPS) is 24.7. The monoisotopic (exact) mass is 422 g/mol. The average molecular weight is 423 g/mol. The molecule has 2 aliphatic rings.